The van der Waals surface area contributed by atoms with Crippen LogP contribution in [0.25, 0.3) is 0 Å². The largest absolute Gasteiger partial charge is 0.493 e. The Morgan fingerprint density at radius 3 is 2.72 bits per heavy atom. The minimum Gasteiger partial charge on any atom is -0.493 e. The van der Waals surface area contributed by atoms with Crippen molar-refractivity contribution in [2.45, 2.75) is 12.8 Å². The Morgan fingerprint density at radius 2 is 2.00 bits per heavy atom. The molecule has 1 saturated heterocycles. The van der Waals surface area contributed by atoms with Gasteiger partial charge < -0.3 is 19.7 Å². The van der Waals surface area contributed by atoms with Gasteiger partial charge in [-0.25, -0.2) is 0 Å². The lowest BCUT2D eigenvalue weighted by Gasteiger charge is -2.17. The number of rotatable bonds is 7. The molecule has 0 aromatic heterocycles. The molecule has 2 aromatic carbocycles. The van der Waals surface area contributed by atoms with Crippen LogP contribution in [0.1, 0.15) is 17.5 Å². The average Bonchev–Trinajstić information content (AvgIpc) is 3.15. The molecule has 7 heteroatoms. The first-order valence-corrected chi connectivity index (χ1v) is 9.35. The molecule has 1 atom stereocenters. The highest BCUT2D eigenvalue weighted by Crippen LogP contribution is 2.28. The van der Waals surface area contributed by atoms with Gasteiger partial charge in [-0.2, -0.15) is 5.26 Å². The number of nitriles is 1. The highest BCUT2D eigenvalue weighted by Gasteiger charge is 2.35. The molecule has 0 bridgehead atoms. The van der Waals surface area contributed by atoms with Gasteiger partial charge >= 0.3 is 0 Å². The smallest absolute Gasteiger partial charge is 0.227 e. The van der Waals surface area contributed by atoms with Gasteiger partial charge in [-0.3, -0.25) is 9.59 Å². The van der Waals surface area contributed by atoms with Crippen molar-refractivity contribution in [3.05, 3.63) is 53.6 Å². The van der Waals surface area contributed by atoms with Gasteiger partial charge in [0.05, 0.1) is 31.8 Å². The lowest BCUT2D eigenvalue weighted by Crippen LogP contribution is -2.34. The molecular weight excluding hydrogens is 370 g/mol. The minimum absolute atomic E-state index is 0.111. The standard InChI is InChI=1S/C22H23N3O4/c1-28-19-7-6-15(11-20(19)29-2)8-9-24-22(27)17-12-21(26)25(14-17)18-5-3-4-16(10-18)13-23/h3-7,10-11,17H,8-9,12,14H2,1-2H3,(H,24,27). The van der Waals surface area contributed by atoms with E-state index in [-0.39, 0.29) is 18.2 Å². The summed E-state index contributed by atoms with van der Waals surface area (Å²) in [5.74, 6) is 0.648. The van der Waals surface area contributed by atoms with E-state index in [0.29, 0.717) is 42.3 Å². The molecule has 0 spiro atoms. The molecule has 2 aromatic rings. The fourth-order valence-electron chi connectivity index (χ4n) is 3.39. The van der Waals surface area contributed by atoms with E-state index in [9.17, 15) is 9.59 Å². The number of anilines is 1. The van der Waals surface area contributed by atoms with Crippen LogP contribution in [0.15, 0.2) is 42.5 Å². The number of carbonyl (C=O) groups is 2. The molecule has 1 heterocycles. The maximum absolute atomic E-state index is 12.5. The summed E-state index contributed by atoms with van der Waals surface area (Å²) >= 11 is 0. The van der Waals surface area contributed by atoms with Crippen LogP contribution in [-0.4, -0.2) is 39.1 Å². The Kier molecular flexibility index (Phi) is 6.35. The second-order valence-corrected chi connectivity index (χ2v) is 6.80. The van der Waals surface area contributed by atoms with Gasteiger partial charge in [-0.15, -0.1) is 0 Å². The molecule has 0 radical (unpaired) electrons. The van der Waals surface area contributed by atoms with Crippen LogP contribution in [-0.2, 0) is 16.0 Å². The number of hydrogen-bond donors (Lipinski definition) is 1. The SMILES string of the molecule is COc1ccc(CCNC(=O)C2CC(=O)N(c3cccc(C#N)c3)C2)cc1OC. The minimum atomic E-state index is -0.404. The first kappa shape index (κ1) is 20.2. The molecule has 1 aliphatic rings. The van der Waals surface area contributed by atoms with Gasteiger partial charge in [-0.05, 0) is 42.3 Å². The molecule has 150 valence electrons. The van der Waals surface area contributed by atoms with E-state index < -0.39 is 5.92 Å². The third-order valence-corrected chi connectivity index (χ3v) is 4.94. The van der Waals surface area contributed by atoms with Gasteiger partial charge in [0.2, 0.25) is 11.8 Å². The molecule has 0 aliphatic carbocycles. The van der Waals surface area contributed by atoms with Crippen molar-refractivity contribution in [1.82, 2.24) is 5.32 Å². The first-order valence-electron chi connectivity index (χ1n) is 9.35. The number of nitrogens with zero attached hydrogens (tertiary/aromatic N) is 2. The molecule has 29 heavy (non-hydrogen) atoms. The maximum Gasteiger partial charge on any atom is 0.227 e. The summed E-state index contributed by atoms with van der Waals surface area (Å²) in [5, 5.41) is 11.9. The first-order chi connectivity index (χ1) is 14.0. The Morgan fingerprint density at radius 1 is 1.21 bits per heavy atom. The average molecular weight is 393 g/mol. The zero-order valence-corrected chi connectivity index (χ0v) is 16.5. The Balaban J connectivity index is 1.55. The molecule has 2 amide bonds. The van der Waals surface area contributed by atoms with Crippen molar-refractivity contribution in [3.63, 3.8) is 0 Å². The van der Waals surface area contributed by atoms with Crippen molar-refractivity contribution in [2.24, 2.45) is 5.92 Å². The van der Waals surface area contributed by atoms with E-state index in [1.54, 1.807) is 43.4 Å². The molecule has 0 saturated carbocycles. The van der Waals surface area contributed by atoms with Crippen LogP contribution in [0, 0.1) is 17.2 Å². The van der Waals surface area contributed by atoms with E-state index in [1.165, 1.54) is 0 Å². The van der Waals surface area contributed by atoms with Crippen LogP contribution >= 0.6 is 0 Å². The molecule has 1 aliphatic heterocycles. The van der Waals surface area contributed by atoms with Crippen LogP contribution in [0.2, 0.25) is 0 Å². The lowest BCUT2D eigenvalue weighted by molar-refractivity contribution is -0.126. The third-order valence-electron chi connectivity index (χ3n) is 4.94. The molecule has 1 fully saturated rings. The van der Waals surface area contributed by atoms with Gasteiger partial charge in [-0.1, -0.05) is 12.1 Å². The number of carbonyl (C=O) groups excluding carboxylic acids is 2. The van der Waals surface area contributed by atoms with E-state index in [1.807, 2.05) is 18.2 Å². The van der Waals surface area contributed by atoms with Crippen molar-refractivity contribution < 1.29 is 19.1 Å². The van der Waals surface area contributed by atoms with Gasteiger partial charge in [0.15, 0.2) is 11.5 Å². The van der Waals surface area contributed by atoms with E-state index in [0.717, 1.165) is 5.56 Å². The summed E-state index contributed by atoms with van der Waals surface area (Å²) in [6.45, 7) is 0.777. The zero-order chi connectivity index (χ0) is 20.8. The van der Waals surface area contributed by atoms with Gasteiger partial charge in [0.1, 0.15) is 0 Å². The third kappa shape index (κ3) is 4.66. The van der Waals surface area contributed by atoms with Crippen molar-refractivity contribution in [2.75, 3.05) is 32.2 Å². The van der Waals surface area contributed by atoms with Crippen LogP contribution in [0.5, 0.6) is 11.5 Å². The number of nitrogens with one attached hydrogen (secondary N) is 1. The number of ether oxygens (including phenoxy) is 2. The normalized spacial score (nSPS) is 15.7. The second kappa shape index (κ2) is 9.11. The number of amides is 2. The predicted octanol–water partition coefficient (Wildman–Crippen LogP) is 2.29. The van der Waals surface area contributed by atoms with Gasteiger partial charge in [0, 0.05) is 25.2 Å². The lowest BCUT2D eigenvalue weighted by atomic mass is 10.1. The highest BCUT2D eigenvalue weighted by molar-refractivity contribution is 6.00. The van der Waals surface area contributed by atoms with Crippen molar-refractivity contribution in [1.29, 1.82) is 5.26 Å². The highest BCUT2D eigenvalue weighted by atomic mass is 16.5. The van der Waals surface area contributed by atoms with E-state index >= 15 is 0 Å². The molecule has 7 nitrogen and oxygen atoms in total. The van der Waals surface area contributed by atoms with E-state index in [4.69, 9.17) is 14.7 Å². The summed E-state index contributed by atoms with van der Waals surface area (Å²) in [6.07, 6.45) is 0.805. The van der Waals surface area contributed by atoms with Gasteiger partial charge in [0.25, 0.3) is 0 Å². The Hall–Kier alpha value is -3.53. The summed E-state index contributed by atoms with van der Waals surface area (Å²) in [7, 11) is 3.17. The zero-order valence-electron chi connectivity index (χ0n) is 16.5. The van der Waals surface area contributed by atoms with Crippen LogP contribution in [0.4, 0.5) is 5.69 Å². The summed E-state index contributed by atoms with van der Waals surface area (Å²) < 4.78 is 10.5. The summed E-state index contributed by atoms with van der Waals surface area (Å²) in [6, 6.07) is 14.6. The van der Waals surface area contributed by atoms with Crippen molar-refractivity contribution in [3.8, 4) is 17.6 Å². The Bertz CT molecular complexity index is 951. The molecule has 1 N–H and O–H groups in total. The van der Waals surface area contributed by atoms with Crippen LogP contribution < -0.4 is 19.7 Å². The molecular formula is C22H23N3O4. The predicted molar refractivity (Wildman–Crippen MR) is 108 cm³/mol. The fourth-order valence-corrected chi connectivity index (χ4v) is 3.39. The molecule has 1 unspecified atom stereocenters. The maximum atomic E-state index is 12.5. The second-order valence-electron chi connectivity index (χ2n) is 6.80. The quantitative estimate of drug-likeness (QED) is 0.779. The monoisotopic (exact) mass is 393 g/mol. The topological polar surface area (TPSA) is 91.7 Å². The number of methoxy groups -OCH3 is 2. The summed E-state index contributed by atoms with van der Waals surface area (Å²) in [5.41, 5.74) is 2.15. The Labute approximate surface area is 169 Å². The number of hydrogen-bond acceptors (Lipinski definition) is 5. The van der Waals surface area contributed by atoms with Crippen LogP contribution in [0.3, 0.4) is 0 Å². The molecule has 3 rings (SSSR count). The number of benzene rings is 2. The van der Waals surface area contributed by atoms with Crippen molar-refractivity contribution >= 4 is 17.5 Å². The summed E-state index contributed by atoms with van der Waals surface area (Å²) in [4.78, 5) is 26.4. The van der Waals surface area contributed by atoms with E-state index in [2.05, 4.69) is 11.4 Å². The fraction of sp³-hybridized carbons (Fsp3) is 0.318.